The van der Waals surface area contributed by atoms with Gasteiger partial charge in [0.1, 0.15) is 11.6 Å². The van der Waals surface area contributed by atoms with Gasteiger partial charge in [0.05, 0.1) is 11.7 Å². The number of nitrogens with zero attached hydrogens (tertiary/aromatic N) is 1. The van der Waals surface area contributed by atoms with E-state index in [1.54, 1.807) is 24.0 Å². The number of hydrogen-bond acceptors (Lipinski definition) is 3. The Morgan fingerprint density at radius 1 is 1.06 bits per heavy atom. The molecule has 1 N–H and O–H groups in total. The lowest BCUT2D eigenvalue weighted by Crippen LogP contribution is -2.46. The van der Waals surface area contributed by atoms with Gasteiger partial charge in [-0.25, -0.2) is 4.39 Å². The second-order valence-corrected chi connectivity index (χ2v) is 8.12. The molecule has 170 valence electrons. The lowest BCUT2D eigenvalue weighted by molar-refractivity contribution is -0.125. The van der Waals surface area contributed by atoms with Crippen molar-refractivity contribution < 1.29 is 18.7 Å². The van der Waals surface area contributed by atoms with Gasteiger partial charge in [-0.1, -0.05) is 55.5 Å². The van der Waals surface area contributed by atoms with Crippen LogP contribution in [0.5, 0.6) is 5.75 Å². The van der Waals surface area contributed by atoms with Crippen LogP contribution in [-0.2, 0) is 16.0 Å². The first-order valence-corrected chi connectivity index (χ1v) is 11.2. The number of benzene rings is 3. The SMILES string of the molecule is CCc1ccc(C(NC(=O)CCN2C(=O)C(C)Oc3ccccc32)c2cccc(F)c2)cc1. The number of carbonyl (C=O) groups excluding carboxylic acids is 2. The van der Waals surface area contributed by atoms with E-state index in [2.05, 4.69) is 12.2 Å². The highest BCUT2D eigenvalue weighted by molar-refractivity contribution is 6.00. The molecule has 0 bridgehead atoms. The highest BCUT2D eigenvalue weighted by Gasteiger charge is 2.31. The van der Waals surface area contributed by atoms with Crippen molar-refractivity contribution in [3.8, 4) is 5.75 Å². The summed E-state index contributed by atoms with van der Waals surface area (Å²) in [6.07, 6.45) is 0.399. The van der Waals surface area contributed by atoms with E-state index in [1.165, 1.54) is 17.7 Å². The Labute approximate surface area is 193 Å². The van der Waals surface area contributed by atoms with Gasteiger partial charge in [-0.15, -0.1) is 0 Å². The summed E-state index contributed by atoms with van der Waals surface area (Å²) in [5.41, 5.74) is 3.37. The molecule has 2 amide bonds. The van der Waals surface area contributed by atoms with Crippen molar-refractivity contribution >= 4 is 17.5 Å². The van der Waals surface area contributed by atoms with Crippen LogP contribution in [0.1, 0.15) is 43.0 Å². The summed E-state index contributed by atoms with van der Waals surface area (Å²) >= 11 is 0. The maximum Gasteiger partial charge on any atom is 0.267 e. The van der Waals surface area contributed by atoms with E-state index >= 15 is 0 Å². The Morgan fingerprint density at radius 3 is 2.55 bits per heavy atom. The molecule has 1 heterocycles. The topological polar surface area (TPSA) is 58.6 Å². The van der Waals surface area contributed by atoms with Gasteiger partial charge in [0.2, 0.25) is 5.91 Å². The van der Waals surface area contributed by atoms with Crippen molar-refractivity contribution in [1.82, 2.24) is 5.32 Å². The summed E-state index contributed by atoms with van der Waals surface area (Å²) in [5, 5.41) is 3.03. The molecule has 0 saturated heterocycles. The molecular formula is C27H27FN2O3. The molecule has 0 spiro atoms. The van der Waals surface area contributed by atoms with Crippen molar-refractivity contribution in [2.24, 2.45) is 0 Å². The first-order valence-electron chi connectivity index (χ1n) is 11.2. The number of halogens is 1. The minimum absolute atomic E-state index is 0.103. The Kier molecular flexibility index (Phi) is 6.73. The van der Waals surface area contributed by atoms with E-state index in [4.69, 9.17) is 4.74 Å². The summed E-state index contributed by atoms with van der Waals surface area (Å²) < 4.78 is 19.6. The number of carbonyl (C=O) groups is 2. The number of fused-ring (bicyclic) bond motifs is 1. The van der Waals surface area contributed by atoms with Gasteiger partial charge in [-0.2, -0.15) is 0 Å². The largest absolute Gasteiger partial charge is 0.479 e. The normalized spacial score (nSPS) is 16.0. The first-order chi connectivity index (χ1) is 16.0. The Bertz CT molecular complexity index is 1150. The highest BCUT2D eigenvalue weighted by atomic mass is 19.1. The number of para-hydroxylation sites is 2. The smallest absolute Gasteiger partial charge is 0.267 e. The Hall–Kier alpha value is -3.67. The van der Waals surface area contributed by atoms with E-state index in [1.807, 2.05) is 48.5 Å². The van der Waals surface area contributed by atoms with Crippen LogP contribution >= 0.6 is 0 Å². The zero-order valence-corrected chi connectivity index (χ0v) is 18.8. The van der Waals surface area contributed by atoms with E-state index < -0.39 is 12.1 Å². The van der Waals surface area contributed by atoms with Crippen molar-refractivity contribution in [2.75, 3.05) is 11.4 Å². The van der Waals surface area contributed by atoms with Crippen LogP contribution in [0.2, 0.25) is 0 Å². The highest BCUT2D eigenvalue weighted by Crippen LogP contribution is 2.33. The first kappa shape index (κ1) is 22.5. The third kappa shape index (κ3) is 5.06. The van der Waals surface area contributed by atoms with Gasteiger partial charge in [-0.05, 0) is 54.3 Å². The quantitative estimate of drug-likeness (QED) is 0.567. The monoisotopic (exact) mass is 446 g/mol. The number of hydrogen-bond donors (Lipinski definition) is 1. The van der Waals surface area contributed by atoms with Crippen molar-refractivity contribution in [3.63, 3.8) is 0 Å². The summed E-state index contributed by atoms with van der Waals surface area (Å²) in [4.78, 5) is 27.3. The molecule has 2 atom stereocenters. The average molecular weight is 447 g/mol. The van der Waals surface area contributed by atoms with Gasteiger partial charge in [0.25, 0.3) is 5.91 Å². The molecule has 6 heteroatoms. The van der Waals surface area contributed by atoms with Gasteiger partial charge in [0, 0.05) is 13.0 Å². The van der Waals surface area contributed by atoms with Crippen molar-refractivity contribution in [1.29, 1.82) is 0 Å². The van der Waals surface area contributed by atoms with E-state index in [0.717, 1.165) is 12.0 Å². The fourth-order valence-electron chi connectivity index (χ4n) is 4.03. The fourth-order valence-corrected chi connectivity index (χ4v) is 4.03. The second kappa shape index (κ2) is 9.86. The molecule has 0 radical (unpaired) electrons. The van der Waals surface area contributed by atoms with E-state index in [0.29, 0.717) is 17.0 Å². The van der Waals surface area contributed by atoms with Crippen LogP contribution in [0.15, 0.2) is 72.8 Å². The Balaban J connectivity index is 1.52. The van der Waals surface area contributed by atoms with Crippen molar-refractivity contribution in [2.45, 2.75) is 38.8 Å². The third-order valence-corrected chi connectivity index (χ3v) is 5.84. The molecule has 33 heavy (non-hydrogen) atoms. The molecule has 2 unspecified atom stereocenters. The maximum absolute atomic E-state index is 13.9. The summed E-state index contributed by atoms with van der Waals surface area (Å²) in [5.74, 6) is -0.147. The number of amides is 2. The summed E-state index contributed by atoms with van der Waals surface area (Å²) in [6.45, 7) is 4.00. The van der Waals surface area contributed by atoms with E-state index in [9.17, 15) is 14.0 Å². The number of rotatable bonds is 7. The molecule has 0 saturated carbocycles. The van der Waals surface area contributed by atoms with Gasteiger partial charge < -0.3 is 15.0 Å². The number of aryl methyl sites for hydroxylation is 1. The molecule has 0 aliphatic carbocycles. The molecule has 1 aliphatic heterocycles. The predicted molar refractivity (Wildman–Crippen MR) is 126 cm³/mol. The zero-order chi connectivity index (χ0) is 23.4. The number of nitrogens with one attached hydrogen (secondary N) is 1. The van der Waals surface area contributed by atoms with Crippen LogP contribution in [0.3, 0.4) is 0 Å². The molecule has 3 aromatic carbocycles. The van der Waals surface area contributed by atoms with E-state index in [-0.39, 0.29) is 30.6 Å². The fraction of sp³-hybridized carbons (Fsp3) is 0.259. The molecule has 5 nitrogen and oxygen atoms in total. The minimum Gasteiger partial charge on any atom is -0.479 e. The van der Waals surface area contributed by atoms with Gasteiger partial charge in [0.15, 0.2) is 6.10 Å². The maximum atomic E-state index is 13.9. The van der Waals surface area contributed by atoms with Crippen LogP contribution in [0, 0.1) is 5.82 Å². The molecule has 3 aromatic rings. The van der Waals surface area contributed by atoms with Gasteiger partial charge >= 0.3 is 0 Å². The predicted octanol–water partition coefficient (Wildman–Crippen LogP) is 4.80. The number of ether oxygens (including phenoxy) is 1. The molecule has 0 fully saturated rings. The van der Waals surface area contributed by atoms with Crippen LogP contribution in [0.4, 0.5) is 10.1 Å². The molecular weight excluding hydrogens is 419 g/mol. The van der Waals surface area contributed by atoms with Gasteiger partial charge in [-0.3, -0.25) is 9.59 Å². The van der Waals surface area contributed by atoms with Crippen LogP contribution in [0.25, 0.3) is 0 Å². The third-order valence-electron chi connectivity index (χ3n) is 5.84. The zero-order valence-electron chi connectivity index (χ0n) is 18.8. The number of anilines is 1. The molecule has 1 aliphatic rings. The van der Waals surface area contributed by atoms with Crippen molar-refractivity contribution in [3.05, 3.63) is 95.3 Å². The molecule has 4 rings (SSSR count). The average Bonchev–Trinajstić information content (AvgIpc) is 2.83. The summed E-state index contributed by atoms with van der Waals surface area (Å²) in [6, 6.07) is 21.0. The standard InChI is InChI=1S/C27H27FN2O3/c1-3-19-11-13-20(14-12-19)26(21-7-6-8-22(28)17-21)29-25(31)15-16-30-23-9-4-5-10-24(23)33-18(2)27(30)32/h4-14,17-18,26H,3,15-16H2,1-2H3,(H,29,31). The minimum atomic E-state index is -0.611. The lowest BCUT2D eigenvalue weighted by atomic mass is 9.97. The summed E-state index contributed by atoms with van der Waals surface area (Å²) in [7, 11) is 0. The Morgan fingerprint density at radius 2 is 1.82 bits per heavy atom. The lowest BCUT2D eigenvalue weighted by Gasteiger charge is -2.33. The molecule has 0 aromatic heterocycles. The van der Waals surface area contributed by atoms with Crippen LogP contribution in [-0.4, -0.2) is 24.5 Å². The second-order valence-electron chi connectivity index (χ2n) is 8.12. The van der Waals surface area contributed by atoms with Crippen LogP contribution < -0.4 is 15.0 Å².